The predicted molar refractivity (Wildman–Crippen MR) is 65.1 cm³/mol. The molecule has 0 saturated heterocycles. The molecule has 1 atom stereocenters. The molecule has 1 aromatic rings. The van der Waals surface area contributed by atoms with Crippen LogP contribution in [0.25, 0.3) is 0 Å². The molecule has 0 aliphatic heterocycles. The summed E-state index contributed by atoms with van der Waals surface area (Å²) in [5.41, 5.74) is 3.46. The topological polar surface area (TPSA) is 47.3 Å². The molecule has 1 unspecified atom stereocenters. The molecule has 3 N–H and O–H groups in total. The minimum atomic E-state index is -2.81. The summed E-state index contributed by atoms with van der Waals surface area (Å²) in [5, 5.41) is 0. The molecule has 2 rings (SSSR count). The molecule has 5 heteroatoms. The second-order valence-electron chi connectivity index (χ2n) is 4.61. The van der Waals surface area contributed by atoms with Gasteiger partial charge in [-0.1, -0.05) is 31.0 Å². The molecule has 0 heterocycles. The lowest BCUT2D eigenvalue weighted by Crippen LogP contribution is -2.33. The Kier molecular flexibility index (Phi) is 4.49. The molecule has 1 saturated carbocycles. The fourth-order valence-electron chi connectivity index (χ4n) is 2.71. The lowest BCUT2D eigenvalue weighted by molar-refractivity contribution is -0.0509. The quantitative estimate of drug-likeness (QED) is 0.629. The van der Waals surface area contributed by atoms with Gasteiger partial charge in [-0.3, -0.25) is 11.3 Å². The summed E-state index contributed by atoms with van der Waals surface area (Å²) in [7, 11) is 0. The number of nitrogens with two attached hydrogens (primary N) is 1. The maximum absolute atomic E-state index is 12.4. The first-order valence-electron chi connectivity index (χ1n) is 6.22. The lowest BCUT2D eigenvalue weighted by Gasteiger charge is -2.25. The Morgan fingerprint density at radius 2 is 1.89 bits per heavy atom. The highest BCUT2D eigenvalue weighted by Gasteiger charge is 2.28. The van der Waals surface area contributed by atoms with Crippen molar-refractivity contribution < 1.29 is 13.5 Å². The standard InChI is InChI=1S/C13H18F2N2O/c14-13(15)18-11-8-4-3-7-10(11)12(17-16)9-5-1-2-6-9/h3-4,7-9,12-13,17H,1-2,5-6,16H2. The Morgan fingerprint density at radius 1 is 1.22 bits per heavy atom. The first-order valence-corrected chi connectivity index (χ1v) is 6.22. The number of hydrazine groups is 1. The van der Waals surface area contributed by atoms with Crippen molar-refractivity contribution >= 4 is 0 Å². The molecule has 0 radical (unpaired) electrons. The molecule has 100 valence electrons. The lowest BCUT2D eigenvalue weighted by atomic mass is 9.91. The van der Waals surface area contributed by atoms with Gasteiger partial charge in [0.25, 0.3) is 0 Å². The number of rotatable bonds is 5. The van der Waals surface area contributed by atoms with Gasteiger partial charge in [0.2, 0.25) is 0 Å². The molecular weight excluding hydrogens is 238 g/mol. The number of hydrogen-bond acceptors (Lipinski definition) is 3. The van der Waals surface area contributed by atoms with E-state index < -0.39 is 6.61 Å². The summed E-state index contributed by atoms with van der Waals surface area (Å²) >= 11 is 0. The van der Waals surface area contributed by atoms with Crippen LogP contribution in [0.5, 0.6) is 5.75 Å². The predicted octanol–water partition coefficient (Wildman–Crippen LogP) is 2.98. The molecule has 0 aromatic heterocycles. The van der Waals surface area contributed by atoms with Crippen molar-refractivity contribution in [3.8, 4) is 5.75 Å². The molecular formula is C13H18F2N2O. The minimum Gasteiger partial charge on any atom is -0.434 e. The molecule has 1 fully saturated rings. The Labute approximate surface area is 105 Å². The van der Waals surface area contributed by atoms with Crippen molar-refractivity contribution in [2.45, 2.75) is 38.3 Å². The van der Waals surface area contributed by atoms with Crippen LogP contribution in [-0.2, 0) is 0 Å². The Morgan fingerprint density at radius 3 is 2.50 bits per heavy atom. The van der Waals surface area contributed by atoms with Gasteiger partial charge >= 0.3 is 6.61 Å². The smallest absolute Gasteiger partial charge is 0.387 e. The van der Waals surface area contributed by atoms with Crippen LogP contribution >= 0.6 is 0 Å². The summed E-state index contributed by atoms with van der Waals surface area (Å²) in [6.45, 7) is -2.81. The summed E-state index contributed by atoms with van der Waals surface area (Å²) < 4.78 is 29.3. The van der Waals surface area contributed by atoms with Crippen LogP contribution in [0.15, 0.2) is 24.3 Å². The van der Waals surface area contributed by atoms with Crippen LogP contribution in [0.3, 0.4) is 0 Å². The second kappa shape index (κ2) is 6.11. The van der Waals surface area contributed by atoms with Gasteiger partial charge in [-0.25, -0.2) is 0 Å². The third-order valence-electron chi connectivity index (χ3n) is 3.52. The van der Waals surface area contributed by atoms with E-state index in [2.05, 4.69) is 10.2 Å². The van der Waals surface area contributed by atoms with E-state index in [-0.39, 0.29) is 11.8 Å². The number of benzene rings is 1. The third kappa shape index (κ3) is 2.97. The normalized spacial score (nSPS) is 18.2. The summed E-state index contributed by atoms with van der Waals surface area (Å²) in [6, 6.07) is 6.72. The van der Waals surface area contributed by atoms with Gasteiger partial charge in [0, 0.05) is 5.56 Å². The largest absolute Gasteiger partial charge is 0.434 e. The maximum atomic E-state index is 12.4. The van der Waals surface area contributed by atoms with Crippen molar-refractivity contribution in [2.75, 3.05) is 0 Å². The van der Waals surface area contributed by atoms with Gasteiger partial charge in [0.15, 0.2) is 0 Å². The summed E-state index contributed by atoms with van der Waals surface area (Å²) in [4.78, 5) is 0. The number of hydrogen-bond donors (Lipinski definition) is 2. The van der Waals surface area contributed by atoms with E-state index in [1.165, 1.54) is 12.8 Å². The molecule has 0 spiro atoms. The monoisotopic (exact) mass is 256 g/mol. The summed E-state index contributed by atoms with van der Waals surface area (Å²) in [6.07, 6.45) is 4.47. The van der Waals surface area contributed by atoms with E-state index >= 15 is 0 Å². The first-order chi connectivity index (χ1) is 8.72. The van der Waals surface area contributed by atoms with Gasteiger partial charge < -0.3 is 4.74 Å². The van der Waals surface area contributed by atoms with Crippen molar-refractivity contribution in [1.82, 2.24) is 5.43 Å². The van der Waals surface area contributed by atoms with Gasteiger partial charge in [-0.05, 0) is 24.8 Å². The zero-order valence-electron chi connectivity index (χ0n) is 10.1. The van der Waals surface area contributed by atoms with Crippen molar-refractivity contribution in [1.29, 1.82) is 0 Å². The summed E-state index contributed by atoms with van der Waals surface area (Å²) in [5.74, 6) is 6.19. The number of nitrogens with one attached hydrogen (secondary N) is 1. The highest BCUT2D eigenvalue weighted by molar-refractivity contribution is 5.36. The Balaban J connectivity index is 2.23. The number of halogens is 2. The highest BCUT2D eigenvalue weighted by Crippen LogP contribution is 2.38. The van der Waals surface area contributed by atoms with E-state index in [9.17, 15) is 8.78 Å². The molecule has 1 aliphatic carbocycles. The second-order valence-corrected chi connectivity index (χ2v) is 4.61. The van der Waals surface area contributed by atoms with Crippen molar-refractivity contribution in [3.63, 3.8) is 0 Å². The SMILES string of the molecule is NNC(c1ccccc1OC(F)F)C1CCCC1. The zero-order chi connectivity index (χ0) is 13.0. The van der Waals surface area contributed by atoms with Gasteiger partial charge in [0.05, 0.1) is 6.04 Å². The average molecular weight is 256 g/mol. The van der Waals surface area contributed by atoms with E-state index in [0.717, 1.165) is 12.8 Å². The van der Waals surface area contributed by atoms with Crippen LogP contribution < -0.4 is 16.0 Å². The van der Waals surface area contributed by atoms with Crippen LogP contribution in [0, 0.1) is 5.92 Å². The van der Waals surface area contributed by atoms with Crippen molar-refractivity contribution in [2.24, 2.45) is 11.8 Å². The van der Waals surface area contributed by atoms with Crippen molar-refractivity contribution in [3.05, 3.63) is 29.8 Å². The van der Waals surface area contributed by atoms with E-state index in [4.69, 9.17) is 5.84 Å². The molecule has 1 aromatic carbocycles. The third-order valence-corrected chi connectivity index (χ3v) is 3.52. The van der Waals surface area contributed by atoms with Crippen LogP contribution in [0.2, 0.25) is 0 Å². The maximum Gasteiger partial charge on any atom is 0.387 e. The molecule has 18 heavy (non-hydrogen) atoms. The van der Waals surface area contributed by atoms with Gasteiger partial charge in [-0.15, -0.1) is 0 Å². The van der Waals surface area contributed by atoms with E-state index in [0.29, 0.717) is 11.5 Å². The van der Waals surface area contributed by atoms with E-state index in [1.807, 2.05) is 6.07 Å². The van der Waals surface area contributed by atoms with E-state index in [1.54, 1.807) is 18.2 Å². The molecule has 0 amide bonds. The van der Waals surface area contributed by atoms with Crippen LogP contribution in [0.4, 0.5) is 8.78 Å². The Bertz CT molecular complexity index is 381. The fourth-order valence-corrected chi connectivity index (χ4v) is 2.71. The molecule has 0 bridgehead atoms. The fraction of sp³-hybridized carbons (Fsp3) is 0.538. The minimum absolute atomic E-state index is 0.123. The highest BCUT2D eigenvalue weighted by atomic mass is 19.3. The van der Waals surface area contributed by atoms with Crippen LogP contribution in [0.1, 0.15) is 37.3 Å². The first kappa shape index (κ1) is 13.2. The zero-order valence-corrected chi connectivity index (χ0v) is 10.1. The Hall–Kier alpha value is -1.20. The van der Waals surface area contributed by atoms with Crippen LogP contribution in [-0.4, -0.2) is 6.61 Å². The molecule has 3 nitrogen and oxygen atoms in total. The van der Waals surface area contributed by atoms with Gasteiger partial charge in [-0.2, -0.15) is 8.78 Å². The number of para-hydroxylation sites is 1. The van der Waals surface area contributed by atoms with Gasteiger partial charge in [0.1, 0.15) is 5.75 Å². The average Bonchev–Trinajstić information content (AvgIpc) is 2.85. The number of ether oxygens (including phenoxy) is 1. The molecule has 1 aliphatic rings. The number of alkyl halides is 2.